The maximum atomic E-state index is 9.92. The van der Waals surface area contributed by atoms with Gasteiger partial charge in [0.25, 0.3) is 0 Å². The fourth-order valence-corrected chi connectivity index (χ4v) is 0.105. The van der Waals surface area contributed by atoms with Crippen LogP contribution in [0.25, 0.3) is 4.85 Å². The fraction of sp³-hybridized carbons (Fsp3) is 0.250. The van der Waals surface area contributed by atoms with Crippen LogP contribution in [0.2, 0.25) is 0 Å². The monoisotopic (exact) mass is 98.0 g/mol. The van der Waals surface area contributed by atoms with E-state index in [1.54, 1.807) is 0 Å². The van der Waals surface area contributed by atoms with Crippen molar-refractivity contribution in [1.82, 2.24) is 0 Å². The van der Waals surface area contributed by atoms with Gasteiger partial charge >= 0.3 is 0 Å². The van der Waals surface area contributed by atoms with Crippen LogP contribution in [-0.4, -0.2) is 7.11 Å². The lowest BCUT2D eigenvalue weighted by molar-refractivity contribution is -0.353. The van der Waals surface area contributed by atoms with Crippen LogP contribution in [0.1, 0.15) is 0 Å². The molecule has 0 saturated carbocycles. The lowest BCUT2D eigenvalue weighted by Gasteiger charge is -2.04. The molecule has 0 heterocycles. The molecule has 38 valence electrons. The van der Waals surface area contributed by atoms with Gasteiger partial charge in [0.05, 0.1) is 6.57 Å². The van der Waals surface area contributed by atoms with E-state index in [-0.39, 0.29) is 0 Å². The average molecular weight is 98.1 g/mol. The summed E-state index contributed by atoms with van der Waals surface area (Å²) in [5, 5.41) is 9.92. The van der Waals surface area contributed by atoms with Crippen LogP contribution in [0.4, 0.5) is 0 Å². The molecule has 0 aromatic rings. The lowest BCUT2D eigenvalue weighted by Crippen LogP contribution is -2.03. The van der Waals surface area contributed by atoms with Gasteiger partial charge in [-0.05, 0) is 7.11 Å². The minimum absolute atomic E-state index is 0.602. The molecule has 0 spiro atoms. The van der Waals surface area contributed by atoms with Crippen molar-refractivity contribution in [3.63, 3.8) is 0 Å². The van der Waals surface area contributed by atoms with Gasteiger partial charge in [-0.3, -0.25) is 0 Å². The van der Waals surface area contributed by atoms with Gasteiger partial charge in [-0.25, -0.2) is 4.85 Å². The van der Waals surface area contributed by atoms with E-state index < -0.39 is 5.95 Å². The average Bonchev–Trinajstić information content (AvgIpc) is 1.68. The molecule has 0 unspecified atom stereocenters. The standard InChI is InChI=1S/C4H5NO2/c1-5-3-4(6)7-2/h3,6H,2H3/p-1/b4-3+. The topological polar surface area (TPSA) is 36.6 Å². The van der Waals surface area contributed by atoms with Crippen molar-refractivity contribution < 1.29 is 9.84 Å². The number of hydrogen-bond donors (Lipinski definition) is 0. The van der Waals surface area contributed by atoms with Crippen LogP contribution < -0.4 is 5.11 Å². The highest BCUT2D eigenvalue weighted by molar-refractivity contribution is 4.87. The van der Waals surface area contributed by atoms with Gasteiger partial charge in [-0.1, -0.05) is 0 Å². The van der Waals surface area contributed by atoms with E-state index in [0.717, 1.165) is 6.20 Å². The summed E-state index contributed by atoms with van der Waals surface area (Å²) < 4.78 is 4.08. The first-order chi connectivity index (χ1) is 3.31. The number of hydrogen-bond acceptors (Lipinski definition) is 2. The van der Waals surface area contributed by atoms with Gasteiger partial charge in [0, 0.05) is 5.95 Å². The molecule has 0 aliphatic heterocycles. The molecule has 0 saturated heterocycles. The molecule has 0 aliphatic carbocycles. The largest absolute Gasteiger partial charge is 0.626 e. The summed E-state index contributed by atoms with van der Waals surface area (Å²) in [5.74, 6) is -0.602. The molecule has 0 atom stereocenters. The number of methoxy groups -OCH3 is 1. The summed E-state index contributed by atoms with van der Waals surface area (Å²) in [6.45, 7) is 6.10. The van der Waals surface area contributed by atoms with Crippen molar-refractivity contribution >= 4 is 0 Å². The fourth-order valence-electron chi connectivity index (χ4n) is 0.105. The zero-order valence-electron chi connectivity index (χ0n) is 3.84. The predicted molar refractivity (Wildman–Crippen MR) is 21.7 cm³/mol. The predicted octanol–water partition coefficient (Wildman–Crippen LogP) is -0.289. The summed E-state index contributed by atoms with van der Waals surface area (Å²) in [6, 6.07) is 0. The van der Waals surface area contributed by atoms with E-state index in [1.165, 1.54) is 7.11 Å². The SMILES string of the molecule is [C-]#[N+]/C=C(\[O-])OC. The van der Waals surface area contributed by atoms with Crippen LogP contribution in [-0.2, 0) is 4.74 Å². The zero-order valence-corrected chi connectivity index (χ0v) is 3.84. The first kappa shape index (κ1) is 5.83. The van der Waals surface area contributed by atoms with Crippen LogP contribution >= 0.6 is 0 Å². The van der Waals surface area contributed by atoms with Crippen molar-refractivity contribution in [1.29, 1.82) is 0 Å². The van der Waals surface area contributed by atoms with Gasteiger partial charge in [0.1, 0.15) is 0 Å². The minimum Gasteiger partial charge on any atom is -0.626 e. The number of rotatable bonds is 1. The Bertz CT molecular complexity index is 111. The molecule has 0 amide bonds. The molecule has 3 nitrogen and oxygen atoms in total. The highest BCUT2D eigenvalue weighted by Crippen LogP contribution is 1.80. The third-order valence-electron chi connectivity index (χ3n) is 0.371. The normalized spacial score (nSPS) is 10.0. The summed E-state index contributed by atoms with van der Waals surface area (Å²) >= 11 is 0. The third-order valence-corrected chi connectivity index (χ3v) is 0.371. The van der Waals surface area contributed by atoms with Crippen LogP contribution in [0, 0.1) is 6.57 Å². The Balaban J connectivity index is 3.56. The van der Waals surface area contributed by atoms with Crippen LogP contribution in [0.5, 0.6) is 0 Å². The molecule has 7 heavy (non-hydrogen) atoms. The highest BCUT2D eigenvalue weighted by Gasteiger charge is 1.66. The van der Waals surface area contributed by atoms with E-state index >= 15 is 0 Å². The molecule has 0 rings (SSSR count). The van der Waals surface area contributed by atoms with Gasteiger partial charge in [0.2, 0.25) is 0 Å². The summed E-state index contributed by atoms with van der Waals surface area (Å²) in [5.41, 5.74) is 0. The number of ether oxygens (including phenoxy) is 1. The second-order valence-corrected chi connectivity index (χ2v) is 0.781. The Kier molecular flexibility index (Phi) is 2.53. The molecule has 0 radical (unpaired) electrons. The first-order valence-electron chi connectivity index (χ1n) is 1.59. The zero-order chi connectivity index (χ0) is 5.70. The summed E-state index contributed by atoms with van der Waals surface area (Å²) in [4.78, 5) is 2.66. The van der Waals surface area contributed by atoms with Crippen LogP contribution in [0.3, 0.4) is 0 Å². The molecular weight excluding hydrogens is 94.0 g/mol. The molecule has 0 aromatic carbocycles. The molecular formula is C4H4NO2-. The lowest BCUT2D eigenvalue weighted by atomic mass is 10.9. The Labute approximate surface area is 41.7 Å². The molecule has 3 heteroatoms. The van der Waals surface area contributed by atoms with Gasteiger partial charge in [-0.2, -0.15) is 0 Å². The van der Waals surface area contributed by atoms with E-state index in [4.69, 9.17) is 6.57 Å². The van der Waals surface area contributed by atoms with Crippen molar-refractivity contribution in [2.45, 2.75) is 0 Å². The van der Waals surface area contributed by atoms with Crippen molar-refractivity contribution in [2.75, 3.05) is 7.11 Å². The smallest absolute Gasteiger partial charge is 0.175 e. The molecule has 0 aromatic heterocycles. The van der Waals surface area contributed by atoms with Gasteiger partial charge in [-0.15, -0.1) is 0 Å². The van der Waals surface area contributed by atoms with Crippen molar-refractivity contribution in [3.05, 3.63) is 23.6 Å². The second kappa shape index (κ2) is 3.04. The van der Waals surface area contributed by atoms with E-state index in [1.807, 2.05) is 0 Å². The van der Waals surface area contributed by atoms with Crippen LogP contribution in [0.15, 0.2) is 12.1 Å². The van der Waals surface area contributed by atoms with E-state index in [9.17, 15) is 5.11 Å². The quantitative estimate of drug-likeness (QED) is 0.334. The highest BCUT2D eigenvalue weighted by atomic mass is 16.6. The minimum atomic E-state index is -0.602. The Morgan fingerprint density at radius 1 is 2.00 bits per heavy atom. The molecule has 0 fully saturated rings. The van der Waals surface area contributed by atoms with E-state index in [2.05, 4.69) is 9.58 Å². The summed E-state index contributed by atoms with van der Waals surface area (Å²) in [7, 11) is 1.23. The Morgan fingerprint density at radius 2 is 2.57 bits per heavy atom. The molecule has 0 bridgehead atoms. The maximum Gasteiger partial charge on any atom is 0.175 e. The maximum absolute atomic E-state index is 9.92. The van der Waals surface area contributed by atoms with Crippen molar-refractivity contribution in [2.24, 2.45) is 0 Å². The van der Waals surface area contributed by atoms with E-state index in [0.29, 0.717) is 0 Å². The third kappa shape index (κ3) is 2.64. The second-order valence-electron chi connectivity index (χ2n) is 0.781. The first-order valence-corrected chi connectivity index (χ1v) is 1.59. The Hall–Kier alpha value is -1.17. The molecule has 0 N–H and O–H groups in total. The Morgan fingerprint density at radius 3 is 2.71 bits per heavy atom. The van der Waals surface area contributed by atoms with Crippen molar-refractivity contribution in [3.8, 4) is 0 Å². The summed E-state index contributed by atoms with van der Waals surface area (Å²) in [6.07, 6.45) is 0.778. The van der Waals surface area contributed by atoms with Gasteiger partial charge in [0.15, 0.2) is 6.20 Å². The number of nitrogens with zero attached hydrogens (tertiary/aromatic N) is 1. The molecule has 0 aliphatic rings. The van der Waals surface area contributed by atoms with Gasteiger partial charge < -0.3 is 9.84 Å².